The maximum atomic E-state index is 12.7. The van der Waals surface area contributed by atoms with Gasteiger partial charge in [-0.25, -0.2) is 9.97 Å². The predicted molar refractivity (Wildman–Crippen MR) is 221 cm³/mol. The minimum atomic E-state index is -0.410. The van der Waals surface area contributed by atoms with Gasteiger partial charge in [0.2, 0.25) is 0 Å². The molecule has 8 rings (SSSR count). The van der Waals surface area contributed by atoms with Crippen molar-refractivity contribution in [1.82, 2.24) is 19.9 Å². The molecule has 3 aromatic carbocycles. The molecular formula is C44H46N8OS. The lowest BCUT2D eigenvalue weighted by Gasteiger charge is -2.37. The van der Waals surface area contributed by atoms with Gasteiger partial charge in [0.15, 0.2) is 0 Å². The number of anilines is 4. The fraction of sp³-hybridized carbons (Fsp3) is 0.295. The van der Waals surface area contributed by atoms with Crippen LogP contribution in [0, 0.1) is 27.7 Å². The molecule has 0 saturated carbocycles. The zero-order valence-corrected chi connectivity index (χ0v) is 32.3. The molecule has 2 saturated heterocycles. The van der Waals surface area contributed by atoms with Crippen molar-refractivity contribution in [3.63, 3.8) is 0 Å². The molecule has 6 aromatic rings. The number of rotatable bonds is 9. The van der Waals surface area contributed by atoms with E-state index in [0.717, 1.165) is 103 Å². The summed E-state index contributed by atoms with van der Waals surface area (Å²) in [5, 5.41) is 0. The maximum absolute atomic E-state index is 12.7. The van der Waals surface area contributed by atoms with Crippen molar-refractivity contribution in [2.45, 2.75) is 33.6 Å². The van der Waals surface area contributed by atoms with E-state index in [1.54, 1.807) is 11.3 Å². The molecule has 0 N–H and O–H groups in total. The van der Waals surface area contributed by atoms with Gasteiger partial charge in [-0.2, -0.15) is 0 Å². The Labute approximate surface area is 322 Å². The number of aldehydes is 1. The Morgan fingerprint density at radius 2 is 1.11 bits per heavy atom. The minimum Gasteiger partial charge on any atom is -0.368 e. The molecule has 0 bridgehead atoms. The largest absolute Gasteiger partial charge is 0.368 e. The number of benzene rings is 3. The fourth-order valence-corrected chi connectivity index (χ4v) is 8.69. The van der Waals surface area contributed by atoms with E-state index in [4.69, 9.17) is 9.97 Å². The molecule has 1 unspecified atom stereocenters. The maximum Gasteiger partial charge on any atom is 0.147 e. The van der Waals surface area contributed by atoms with Gasteiger partial charge in [-0.1, -0.05) is 42.5 Å². The topological polar surface area (TPSA) is 81.6 Å². The van der Waals surface area contributed by atoms with Gasteiger partial charge in [-0.3, -0.25) is 9.97 Å². The van der Waals surface area contributed by atoms with Gasteiger partial charge in [0.1, 0.15) is 23.6 Å². The van der Waals surface area contributed by atoms with Crippen molar-refractivity contribution >= 4 is 40.6 Å². The summed E-state index contributed by atoms with van der Waals surface area (Å²) in [5.41, 5.74) is 11.4. The highest BCUT2D eigenvalue weighted by molar-refractivity contribution is 7.15. The number of piperazine rings is 2. The average Bonchev–Trinajstić information content (AvgIpc) is 3.71. The first-order valence-corrected chi connectivity index (χ1v) is 19.6. The van der Waals surface area contributed by atoms with Crippen LogP contribution in [-0.4, -0.2) is 78.6 Å². The van der Waals surface area contributed by atoms with E-state index in [1.165, 1.54) is 33.6 Å². The van der Waals surface area contributed by atoms with Gasteiger partial charge in [-0.15, -0.1) is 11.3 Å². The number of hydrogen-bond acceptors (Lipinski definition) is 10. The lowest BCUT2D eigenvalue weighted by Crippen LogP contribution is -2.47. The Bertz CT molecular complexity index is 2270. The number of nitrogens with zero attached hydrogens (tertiary/aromatic N) is 8. The second-order valence-electron chi connectivity index (χ2n) is 14.4. The molecule has 5 heterocycles. The molecule has 0 radical (unpaired) electrons. The van der Waals surface area contributed by atoms with E-state index in [0.29, 0.717) is 0 Å². The normalized spacial score (nSPS) is 15.4. The summed E-state index contributed by atoms with van der Waals surface area (Å²) < 4.78 is 0. The monoisotopic (exact) mass is 734 g/mol. The third-order valence-electron chi connectivity index (χ3n) is 11.1. The van der Waals surface area contributed by atoms with Crippen molar-refractivity contribution in [2.75, 3.05) is 72.0 Å². The number of aromatic nitrogens is 4. The highest BCUT2D eigenvalue weighted by Crippen LogP contribution is 2.36. The molecule has 9 nitrogen and oxygen atoms in total. The zero-order chi connectivity index (χ0) is 37.2. The first-order valence-electron chi connectivity index (χ1n) is 18.8. The molecule has 1 atom stereocenters. The highest BCUT2D eigenvalue weighted by Gasteiger charge is 2.23. The first-order chi connectivity index (χ1) is 26.4. The summed E-state index contributed by atoms with van der Waals surface area (Å²) in [6, 6.07) is 25.3. The minimum absolute atomic E-state index is 0.410. The number of carbonyl (C=O) groups excluding carboxylic acids is 1. The van der Waals surface area contributed by atoms with Gasteiger partial charge in [0, 0.05) is 74.2 Å². The Morgan fingerprint density at radius 3 is 1.69 bits per heavy atom. The van der Waals surface area contributed by atoms with Crippen LogP contribution in [0.25, 0.3) is 21.8 Å². The quantitative estimate of drug-likeness (QED) is 0.138. The van der Waals surface area contributed by atoms with Crippen molar-refractivity contribution in [1.29, 1.82) is 0 Å². The summed E-state index contributed by atoms with van der Waals surface area (Å²) in [7, 11) is 0. The molecule has 0 spiro atoms. The van der Waals surface area contributed by atoms with E-state index in [9.17, 15) is 4.79 Å². The van der Waals surface area contributed by atoms with Crippen molar-refractivity contribution < 1.29 is 4.79 Å². The van der Waals surface area contributed by atoms with Crippen molar-refractivity contribution in [2.24, 2.45) is 0 Å². The molecule has 3 aromatic heterocycles. The van der Waals surface area contributed by atoms with E-state index in [1.807, 2.05) is 49.1 Å². The van der Waals surface area contributed by atoms with Crippen LogP contribution in [-0.2, 0) is 4.79 Å². The molecule has 10 heteroatoms. The number of thiophene rings is 1. The van der Waals surface area contributed by atoms with Crippen LogP contribution in [0.15, 0.2) is 97.6 Å². The first kappa shape index (κ1) is 35.4. The van der Waals surface area contributed by atoms with Crippen LogP contribution in [0.2, 0.25) is 0 Å². The number of hydrogen-bond donors (Lipinski definition) is 0. The van der Waals surface area contributed by atoms with E-state index in [-0.39, 0.29) is 0 Å². The molecule has 2 fully saturated rings. The lowest BCUT2D eigenvalue weighted by molar-refractivity contribution is -0.108. The Hall–Kier alpha value is -5.61. The lowest BCUT2D eigenvalue weighted by atomic mass is 9.96. The van der Waals surface area contributed by atoms with E-state index >= 15 is 0 Å². The second kappa shape index (κ2) is 15.4. The molecule has 2 aliphatic rings. The van der Waals surface area contributed by atoms with Crippen LogP contribution < -0.4 is 19.6 Å². The Balaban J connectivity index is 0.945. The summed E-state index contributed by atoms with van der Waals surface area (Å²) in [6.07, 6.45) is 8.37. The SMILES string of the molecule is Cc1cccc(N2CCN(c3cncc(-c4cccc(C(C=O)c5ccc(-c6cncc(N7CCN(c8cccc(C)c8C)CC7)n6)s5)c4)n3)CC2)c1C. The highest BCUT2D eigenvalue weighted by atomic mass is 32.1. The smallest absolute Gasteiger partial charge is 0.147 e. The fourth-order valence-electron chi connectivity index (χ4n) is 7.64. The molecule has 0 aliphatic carbocycles. The number of aryl methyl sites for hydroxylation is 2. The Morgan fingerprint density at radius 1 is 0.593 bits per heavy atom. The number of carbonyl (C=O) groups is 1. The van der Waals surface area contributed by atoms with E-state index < -0.39 is 5.92 Å². The van der Waals surface area contributed by atoms with E-state index in [2.05, 4.69) is 106 Å². The summed E-state index contributed by atoms with van der Waals surface area (Å²) in [4.78, 5) is 43.5. The predicted octanol–water partition coefficient (Wildman–Crippen LogP) is 7.88. The average molecular weight is 735 g/mol. The van der Waals surface area contributed by atoms with Crippen LogP contribution in [0.3, 0.4) is 0 Å². The molecular weight excluding hydrogens is 689 g/mol. The molecule has 54 heavy (non-hydrogen) atoms. The third-order valence-corrected chi connectivity index (χ3v) is 12.3. The zero-order valence-electron chi connectivity index (χ0n) is 31.4. The van der Waals surface area contributed by atoms with Gasteiger partial charge in [-0.05, 0) is 85.8 Å². The van der Waals surface area contributed by atoms with Crippen LogP contribution in [0.5, 0.6) is 0 Å². The van der Waals surface area contributed by atoms with Crippen molar-refractivity contribution in [3.8, 4) is 21.8 Å². The molecule has 2 aliphatic heterocycles. The summed E-state index contributed by atoms with van der Waals surface area (Å²) in [6.45, 7) is 16.0. The molecule has 274 valence electrons. The van der Waals surface area contributed by atoms with Crippen LogP contribution in [0.4, 0.5) is 23.0 Å². The van der Waals surface area contributed by atoms with Crippen molar-refractivity contribution in [3.05, 3.63) is 130 Å². The second-order valence-corrected chi connectivity index (χ2v) is 15.5. The summed E-state index contributed by atoms with van der Waals surface area (Å²) >= 11 is 1.59. The third kappa shape index (κ3) is 7.18. The van der Waals surface area contributed by atoms with Crippen LogP contribution in [0.1, 0.15) is 38.6 Å². The van der Waals surface area contributed by atoms with Crippen LogP contribution >= 0.6 is 11.3 Å². The van der Waals surface area contributed by atoms with Gasteiger partial charge in [0.05, 0.1) is 41.3 Å². The standard InChI is InChI=1S/C44H46N8OS/c1-30-8-5-12-39(32(30)3)49-16-20-51(21-17-49)43-27-45-25-37(47-43)35-11-7-10-34(24-35)36(29-53)41-14-15-42(54-41)38-26-46-28-44(48-38)52-22-18-50(19-23-52)40-13-6-9-31(2)33(40)4/h5-15,24-29,36H,16-23H2,1-4H3. The summed E-state index contributed by atoms with van der Waals surface area (Å²) in [5.74, 6) is 1.35. The Kier molecular flexibility index (Phi) is 10.1. The van der Waals surface area contributed by atoms with Gasteiger partial charge >= 0.3 is 0 Å². The molecule has 0 amide bonds. The van der Waals surface area contributed by atoms with Gasteiger partial charge in [0.25, 0.3) is 0 Å². The van der Waals surface area contributed by atoms with Gasteiger partial charge < -0.3 is 24.4 Å².